The van der Waals surface area contributed by atoms with E-state index in [4.69, 9.17) is 4.74 Å². The second-order valence-electron chi connectivity index (χ2n) is 6.12. The molecule has 2 aromatic rings. The molecular formula is C17H23N5O2. The Labute approximate surface area is 141 Å². The summed E-state index contributed by atoms with van der Waals surface area (Å²) in [5.74, 6) is 0.334. The Bertz CT molecular complexity index is 634. The summed E-state index contributed by atoms with van der Waals surface area (Å²) in [7, 11) is 0. The van der Waals surface area contributed by atoms with E-state index in [0.29, 0.717) is 5.82 Å². The van der Waals surface area contributed by atoms with Crippen molar-refractivity contribution in [1.82, 2.24) is 19.7 Å². The molecule has 7 nitrogen and oxygen atoms in total. The van der Waals surface area contributed by atoms with Gasteiger partial charge in [-0.05, 0) is 31.9 Å². The third kappa shape index (κ3) is 4.38. The summed E-state index contributed by atoms with van der Waals surface area (Å²) in [4.78, 5) is 20.4. The van der Waals surface area contributed by atoms with Gasteiger partial charge in [-0.1, -0.05) is 25.7 Å². The number of anilines is 1. The molecule has 0 saturated heterocycles. The van der Waals surface area contributed by atoms with Crippen LogP contribution in [0.1, 0.15) is 45.4 Å². The van der Waals surface area contributed by atoms with Gasteiger partial charge in [0.25, 0.3) is 5.91 Å². The highest BCUT2D eigenvalue weighted by molar-refractivity contribution is 5.93. The third-order valence-electron chi connectivity index (χ3n) is 4.25. The third-order valence-corrected chi connectivity index (χ3v) is 4.25. The molecule has 0 aliphatic heterocycles. The molecule has 1 atom stereocenters. The lowest BCUT2D eigenvalue weighted by Crippen LogP contribution is -2.31. The fourth-order valence-electron chi connectivity index (χ4n) is 2.89. The van der Waals surface area contributed by atoms with Crippen LogP contribution < -0.4 is 5.32 Å². The average Bonchev–Trinajstić information content (AvgIpc) is 3.01. The fraction of sp³-hybridized carbons (Fsp3) is 0.529. The van der Waals surface area contributed by atoms with Crippen LogP contribution in [0.3, 0.4) is 0 Å². The predicted octanol–water partition coefficient (Wildman–Crippen LogP) is 2.73. The molecule has 0 radical (unpaired) electrons. The lowest BCUT2D eigenvalue weighted by Gasteiger charge is -2.20. The number of nitrogens with zero attached hydrogens (tertiary/aromatic N) is 4. The summed E-state index contributed by atoms with van der Waals surface area (Å²) in [5, 5.41) is 6.84. The number of carbonyl (C=O) groups is 1. The summed E-state index contributed by atoms with van der Waals surface area (Å²) < 4.78 is 7.53. The molecule has 1 amide bonds. The Morgan fingerprint density at radius 2 is 2.08 bits per heavy atom. The molecule has 1 fully saturated rings. The highest BCUT2D eigenvalue weighted by Gasteiger charge is 2.20. The Kier molecular flexibility index (Phi) is 5.53. The predicted molar refractivity (Wildman–Crippen MR) is 89.8 cm³/mol. The molecular weight excluding hydrogens is 306 g/mol. The van der Waals surface area contributed by atoms with Gasteiger partial charge in [-0.25, -0.2) is 14.6 Å². The fourth-order valence-corrected chi connectivity index (χ4v) is 2.89. The topological polar surface area (TPSA) is 81.9 Å². The Hall–Kier alpha value is -2.28. The minimum Gasteiger partial charge on any atom is -0.365 e. The van der Waals surface area contributed by atoms with Crippen molar-refractivity contribution in [2.45, 2.75) is 57.7 Å². The van der Waals surface area contributed by atoms with Gasteiger partial charge in [0.05, 0.1) is 18.0 Å². The van der Waals surface area contributed by atoms with Crippen LogP contribution in [0.4, 0.5) is 5.82 Å². The van der Waals surface area contributed by atoms with E-state index >= 15 is 0 Å². The van der Waals surface area contributed by atoms with Gasteiger partial charge in [-0.3, -0.25) is 4.79 Å². The molecule has 1 aliphatic carbocycles. The molecule has 24 heavy (non-hydrogen) atoms. The first-order valence-corrected chi connectivity index (χ1v) is 8.50. The maximum atomic E-state index is 12.3. The van der Waals surface area contributed by atoms with E-state index in [9.17, 15) is 4.79 Å². The highest BCUT2D eigenvalue weighted by Crippen LogP contribution is 2.21. The second kappa shape index (κ2) is 8.01. The normalized spacial score (nSPS) is 17.2. The monoisotopic (exact) mass is 329 g/mol. The molecule has 128 valence electrons. The van der Waals surface area contributed by atoms with Gasteiger partial charge in [0.2, 0.25) is 0 Å². The number of aromatic nitrogens is 4. The number of nitrogens with one attached hydrogen (secondary N) is 1. The molecule has 0 spiro atoms. The van der Waals surface area contributed by atoms with Crippen molar-refractivity contribution in [1.29, 1.82) is 0 Å². The summed E-state index contributed by atoms with van der Waals surface area (Å²) >= 11 is 0. The van der Waals surface area contributed by atoms with Crippen molar-refractivity contribution in [3.05, 3.63) is 31.0 Å². The smallest absolute Gasteiger partial charge is 0.254 e. The van der Waals surface area contributed by atoms with Crippen molar-refractivity contribution in [3.8, 4) is 5.69 Å². The summed E-state index contributed by atoms with van der Waals surface area (Å²) in [5.41, 5.74) is 0.785. The van der Waals surface area contributed by atoms with Crippen LogP contribution in [0.25, 0.3) is 5.69 Å². The summed E-state index contributed by atoms with van der Waals surface area (Å²) in [6, 6.07) is 3.57. The molecule has 7 heteroatoms. The lowest BCUT2D eigenvalue weighted by molar-refractivity contribution is -0.130. The Morgan fingerprint density at radius 3 is 2.71 bits per heavy atom. The number of pyridine rings is 1. The molecule has 0 aromatic carbocycles. The second-order valence-corrected chi connectivity index (χ2v) is 6.12. The standard InChI is InChI=1S/C17H23N5O2/c1-13(24-15-6-4-2-3-5-7-15)17(23)21-16-9-8-14(10-19-16)22-12-18-11-20-22/h8-13,15H,2-7H2,1H3,(H,19,21,23). The number of rotatable bonds is 5. The molecule has 2 heterocycles. The van der Waals surface area contributed by atoms with Gasteiger partial charge in [-0.15, -0.1) is 0 Å². The van der Waals surface area contributed by atoms with E-state index in [2.05, 4.69) is 20.4 Å². The van der Waals surface area contributed by atoms with Gasteiger partial charge in [0.1, 0.15) is 24.6 Å². The van der Waals surface area contributed by atoms with Crippen LogP contribution in [-0.2, 0) is 9.53 Å². The van der Waals surface area contributed by atoms with Gasteiger partial charge in [0, 0.05) is 0 Å². The van der Waals surface area contributed by atoms with Crippen LogP contribution in [0, 0.1) is 0 Å². The van der Waals surface area contributed by atoms with Crippen molar-refractivity contribution < 1.29 is 9.53 Å². The first kappa shape index (κ1) is 16.6. The molecule has 1 N–H and O–H groups in total. The molecule has 3 rings (SSSR count). The zero-order chi connectivity index (χ0) is 16.8. The van der Waals surface area contributed by atoms with Gasteiger partial charge in [-0.2, -0.15) is 5.10 Å². The SMILES string of the molecule is CC(OC1CCCCCC1)C(=O)Nc1ccc(-n2cncn2)cn1. The summed E-state index contributed by atoms with van der Waals surface area (Å²) in [6.45, 7) is 1.80. The Morgan fingerprint density at radius 1 is 1.29 bits per heavy atom. The van der Waals surface area contributed by atoms with E-state index in [-0.39, 0.29) is 12.0 Å². The maximum absolute atomic E-state index is 12.3. The van der Waals surface area contributed by atoms with E-state index in [0.717, 1.165) is 18.5 Å². The van der Waals surface area contributed by atoms with Gasteiger partial charge in [0.15, 0.2) is 0 Å². The highest BCUT2D eigenvalue weighted by atomic mass is 16.5. The maximum Gasteiger partial charge on any atom is 0.254 e. The number of hydrogen-bond donors (Lipinski definition) is 1. The van der Waals surface area contributed by atoms with Crippen molar-refractivity contribution in [3.63, 3.8) is 0 Å². The number of ether oxygens (including phenoxy) is 1. The number of hydrogen-bond acceptors (Lipinski definition) is 5. The molecule has 1 unspecified atom stereocenters. The quantitative estimate of drug-likeness (QED) is 0.853. The van der Waals surface area contributed by atoms with Crippen molar-refractivity contribution in [2.24, 2.45) is 0 Å². The van der Waals surface area contributed by atoms with E-state index in [1.54, 1.807) is 30.2 Å². The number of carbonyl (C=O) groups excluding carboxylic acids is 1. The zero-order valence-electron chi connectivity index (χ0n) is 13.9. The van der Waals surface area contributed by atoms with Crippen molar-refractivity contribution >= 4 is 11.7 Å². The van der Waals surface area contributed by atoms with Crippen LogP contribution in [0.2, 0.25) is 0 Å². The molecule has 0 bridgehead atoms. The molecule has 1 aliphatic rings. The first-order valence-electron chi connectivity index (χ1n) is 8.50. The Balaban J connectivity index is 1.53. The molecule has 2 aromatic heterocycles. The van der Waals surface area contributed by atoms with Crippen LogP contribution in [0.5, 0.6) is 0 Å². The van der Waals surface area contributed by atoms with Gasteiger partial charge < -0.3 is 10.1 Å². The van der Waals surface area contributed by atoms with Crippen molar-refractivity contribution in [2.75, 3.05) is 5.32 Å². The van der Waals surface area contributed by atoms with E-state index < -0.39 is 6.10 Å². The van der Waals surface area contributed by atoms with Gasteiger partial charge >= 0.3 is 0 Å². The van der Waals surface area contributed by atoms with Crippen LogP contribution >= 0.6 is 0 Å². The van der Waals surface area contributed by atoms with E-state index in [1.807, 2.05) is 6.07 Å². The summed E-state index contributed by atoms with van der Waals surface area (Å²) in [6.07, 6.45) is 11.4. The zero-order valence-corrected chi connectivity index (χ0v) is 13.9. The minimum atomic E-state index is -0.482. The first-order chi connectivity index (χ1) is 11.7. The van der Waals surface area contributed by atoms with E-state index in [1.165, 1.54) is 32.0 Å². The van der Waals surface area contributed by atoms with Crippen LogP contribution in [-0.4, -0.2) is 37.9 Å². The molecule has 1 saturated carbocycles. The average molecular weight is 329 g/mol. The minimum absolute atomic E-state index is 0.166. The number of amides is 1. The lowest BCUT2D eigenvalue weighted by atomic mass is 10.1. The largest absolute Gasteiger partial charge is 0.365 e. The van der Waals surface area contributed by atoms with Crippen LogP contribution in [0.15, 0.2) is 31.0 Å².